The van der Waals surface area contributed by atoms with Crippen LogP contribution in [0.1, 0.15) is 72.0 Å². The van der Waals surface area contributed by atoms with Gasteiger partial charge in [0.15, 0.2) is 5.82 Å². The fourth-order valence-electron chi connectivity index (χ4n) is 6.37. The fourth-order valence-corrected chi connectivity index (χ4v) is 6.37. The van der Waals surface area contributed by atoms with Crippen LogP contribution in [0.25, 0.3) is 22.5 Å². The third-order valence-electron chi connectivity index (χ3n) is 9.27. The van der Waals surface area contributed by atoms with Gasteiger partial charge in [-0.1, -0.05) is 86.8 Å². The summed E-state index contributed by atoms with van der Waals surface area (Å²) in [5.74, 6) is 0.695. The molecule has 2 aliphatic rings. The number of carbonyl (C=O) groups is 3. The largest absolute Gasteiger partial charge is 0.340 e. The predicted octanol–water partition coefficient (Wildman–Crippen LogP) is 6.42. The lowest BCUT2D eigenvalue weighted by molar-refractivity contribution is -0.141. The van der Waals surface area contributed by atoms with E-state index in [0.29, 0.717) is 36.8 Å². The van der Waals surface area contributed by atoms with Crippen molar-refractivity contribution in [2.75, 3.05) is 13.1 Å². The van der Waals surface area contributed by atoms with Gasteiger partial charge in [0, 0.05) is 54.5 Å². The fraction of sp³-hybridized carbons (Fsp3) is 0.342. The summed E-state index contributed by atoms with van der Waals surface area (Å²) < 4.78 is 0. The monoisotopic (exact) mass is 600 g/mol. The van der Waals surface area contributed by atoms with Crippen LogP contribution in [0.5, 0.6) is 0 Å². The van der Waals surface area contributed by atoms with Gasteiger partial charge in [0.05, 0.1) is 0 Å². The maximum atomic E-state index is 13.4. The Morgan fingerprint density at radius 3 is 2.07 bits per heavy atom. The van der Waals surface area contributed by atoms with Crippen molar-refractivity contribution in [1.29, 1.82) is 0 Å². The highest BCUT2D eigenvalue weighted by atomic mass is 16.2. The number of aldehydes is 1. The van der Waals surface area contributed by atoms with E-state index >= 15 is 0 Å². The van der Waals surface area contributed by atoms with Crippen LogP contribution in [-0.4, -0.2) is 52.1 Å². The lowest BCUT2D eigenvalue weighted by atomic mass is 9.84. The summed E-state index contributed by atoms with van der Waals surface area (Å²) in [5, 5.41) is 2.95. The molecule has 0 spiro atoms. The highest BCUT2D eigenvalue weighted by Crippen LogP contribution is 2.33. The SMILES string of the molecule is CCc1ccc(C(=O)NC(Cc2ccc(-c3ncc(-c4ccc(C5CCCCC5)cc4)cn3)cc2)C(=O)N2CC(C=O)C2)cc1. The van der Waals surface area contributed by atoms with Crippen LogP contribution in [-0.2, 0) is 22.4 Å². The summed E-state index contributed by atoms with van der Waals surface area (Å²) in [4.78, 5) is 48.5. The highest BCUT2D eigenvalue weighted by Gasteiger charge is 2.35. The van der Waals surface area contributed by atoms with Crippen molar-refractivity contribution in [1.82, 2.24) is 20.2 Å². The van der Waals surface area contributed by atoms with Gasteiger partial charge in [-0.25, -0.2) is 9.97 Å². The molecule has 3 aromatic carbocycles. The molecule has 45 heavy (non-hydrogen) atoms. The van der Waals surface area contributed by atoms with Crippen molar-refractivity contribution in [2.45, 2.75) is 63.8 Å². The van der Waals surface area contributed by atoms with Gasteiger partial charge in [-0.05, 0) is 59.6 Å². The van der Waals surface area contributed by atoms with Gasteiger partial charge >= 0.3 is 0 Å². The Bertz CT molecular complexity index is 1600. The summed E-state index contributed by atoms with van der Waals surface area (Å²) in [7, 11) is 0. The average Bonchev–Trinajstić information content (AvgIpc) is 3.08. The summed E-state index contributed by atoms with van der Waals surface area (Å²) >= 11 is 0. The Hall–Kier alpha value is -4.65. The van der Waals surface area contributed by atoms with Gasteiger partial charge in [-0.15, -0.1) is 0 Å². The summed E-state index contributed by atoms with van der Waals surface area (Å²) in [6.07, 6.45) is 12.4. The standard InChI is InChI=1S/C38H40N4O3/c1-2-26-8-14-33(15-9-26)37(44)41-35(38(45)42-23-28(24-42)25-43)20-27-10-12-32(13-11-27)36-39-21-34(22-40-36)31-18-16-30(17-19-31)29-6-4-3-5-7-29/h8-19,21-22,25,28-29,35H,2-7,20,23-24H2,1H3,(H,41,44). The first-order valence-corrected chi connectivity index (χ1v) is 16.2. The molecule has 7 heteroatoms. The first-order valence-electron chi connectivity index (χ1n) is 16.2. The smallest absolute Gasteiger partial charge is 0.251 e. The topological polar surface area (TPSA) is 92.3 Å². The molecule has 1 N–H and O–H groups in total. The molecule has 4 aromatic rings. The maximum absolute atomic E-state index is 13.4. The Morgan fingerprint density at radius 1 is 0.822 bits per heavy atom. The van der Waals surface area contributed by atoms with Gasteiger partial charge in [0.1, 0.15) is 12.3 Å². The molecule has 2 fully saturated rings. The quantitative estimate of drug-likeness (QED) is 0.212. The van der Waals surface area contributed by atoms with Crippen LogP contribution in [0, 0.1) is 5.92 Å². The van der Waals surface area contributed by atoms with E-state index < -0.39 is 6.04 Å². The summed E-state index contributed by atoms with van der Waals surface area (Å²) in [6.45, 7) is 2.83. The van der Waals surface area contributed by atoms with E-state index in [1.54, 1.807) is 17.0 Å². The van der Waals surface area contributed by atoms with Crippen molar-refractivity contribution < 1.29 is 14.4 Å². The molecule has 230 valence electrons. The van der Waals surface area contributed by atoms with E-state index in [4.69, 9.17) is 0 Å². The molecular weight excluding hydrogens is 560 g/mol. The number of aryl methyl sites for hydroxylation is 1. The number of aromatic nitrogens is 2. The Kier molecular flexibility index (Phi) is 9.44. The molecule has 1 saturated heterocycles. The van der Waals surface area contributed by atoms with Crippen molar-refractivity contribution in [2.24, 2.45) is 5.92 Å². The summed E-state index contributed by atoms with van der Waals surface area (Å²) in [6, 6.07) is 23.3. The first kappa shape index (κ1) is 30.4. The van der Waals surface area contributed by atoms with Gasteiger partial charge in [-0.2, -0.15) is 0 Å². The lowest BCUT2D eigenvalue weighted by Crippen LogP contribution is -2.58. The number of amides is 2. The van der Waals surface area contributed by atoms with Crippen LogP contribution < -0.4 is 5.32 Å². The molecule has 1 atom stereocenters. The Morgan fingerprint density at radius 2 is 1.44 bits per heavy atom. The van der Waals surface area contributed by atoms with Gasteiger partial charge in [-0.3, -0.25) is 9.59 Å². The normalized spacial score (nSPS) is 16.1. The number of nitrogens with one attached hydrogen (secondary N) is 1. The van der Waals surface area contributed by atoms with Crippen molar-refractivity contribution >= 4 is 18.1 Å². The second-order valence-corrected chi connectivity index (χ2v) is 12.4. The first-order chi connectivity index (χ1) is 22.0. The number of likely N-dealkylation sites (tertiary alicyclic amines) is 1. The third-order valence-corrected chi connectivity index (χ3v) is 9.27. The second-order valence-electron chi connectivity index (χ2n) is 12.4. The van der Waals surface area contributed by atoms with Crippen molar-refractivity contribution in [3.63, 3.8) is 0 Å². The van der Waals surface area contributed by atoms with Crippen LogP contribution in [0.4, 0.5) is 0 Å². The van der Waals surface area contributed by atoms with Crippen LogP contribution in [0.15, 0.2) is 85.2 Å². The lowest BCUT2D eigenvalue weighted by Gasteiger charge is -2.38. The molecule has 2 heterocycles. The van der Waals surface area contributed by atoms with Gasteiger partial charge in [0.25, 0.3) is 5.91 Å². The number of nitrogens with zero attached hydrogens (tertiary/aromatic N) is 3. The molecule has 0 bridgehead atoms. The third kappa shape index (κ3) is 7.19. The predicted molar refractivity (Wildman–Crippen MR) is 176 cm³/mol. The van der Waals surface area contributed by atoms with Crippen LogP contribution in [0.3, 0.4) is 0 Å². The van der Waals surface area contributed by atoms with E-state index in [2.05, 4.69) is 46.5 Å². The zero-order valence-corrected chi connectivity index (χ0v) is 25.8. The zero-order valence-electron chi connectivity index (χ0n) is 25.8. The summed E-state index contributed by atoms with van der Waals surface area (Å²) in [5.41, 5.74) is 6.95. The van der Waals surface area contributed by atoms with Gasteiger partial charge < -0.3 is 15.0 Å². The average molecular weight is 601 g/mol. The van der Waals surface area contributed by atoms with Crippen LogP contribution >= 0.6 is 0 Å². The van der Waals surface area contributed by atoms with E-state index in [0.717, 1.165) is 40.5 Å². The molecule has 1 aromatic heterocycles. The van der Waals surface area contributed by atoms with Crippen molar-refractivity contribution in [3.05, 3.63) is 107 Å². The number of hydrogen-bond acceptors (Lipinski definition) is 5. The minimum absolute atomic E-state index is 0.140. The number of carbonyl (C=O) groups excluding carboxylic acids is 3. The number of hydrogen-bond donors (Lipinski definition) is 1. The second kappa shape index (κ2) is 14.0. The van der Waals surface area contributed by atoms with Crippen molar-refractivity contribution in [3.8, 4) is 22.5 Å². The minimum Gasteiger partial charge on any atom is -0.340 e. The van der Waals surface area contributed by atoms with E-state index in [-0.39, 0.29) is 17.7 Å². The molecule has 1 unspecified atom stereocenters. The van der Waals surface area contributed by atoms with E-state index in [1.807, 2.05) is 48.8 Å². The molecule has 7 nitrogen and oxygen atoms in total. The number of rotatable bonds is 10. The molecule has 6 rings (SSSR count). The van der Waals surface area contributed by atoms with Gasteiger partial charge in [0.2, 0.25) is 5.91 Å². The number of benzene rings is 3. The zero-order chi connectivity index (χ0) is 31.2. The molecule has 1 aliphatic carbocycles. The molecule has 2 amide bonds. The molecule has 0 radical (unpaired) electrons. The molecule has 1 aliphatic heterocycles. The van der Waals surface area contributed by atoms with E-state index in [1.165, 1.54) is 37.7 Å². The molecule has 1 saturated carbocycles. The van der Waals surface area contributed by atoms with E-state index in [9.17, 15) is 14.4 Å². The Labute approximate surface area is 265 Å². The highest BCUT2D eigenvalue weighted by molar-refractivity contribution is 5.98. The maximum Gasteiger partial charge on any atom is 0.251 e. The van der Waals surface area contributed by atoms with Crippen LogP contribution in [0.2, 0.25) is 0 Å². The minimum atomic E-state index is -0.748. The Balaban J connectivity index is 1.12. The molecular formula is C38H40N4O3.